The molecule has 0 heterocycles. The summed E-state index contributed by atoms with van der Waals surface area (Å²) in [6.07, 6.45) is 5.47. The van der Waals surface area contributed by atoms with Crippen LogP contribution in [-0.2, 0) is 6.42 Å². The van der Waals surface area contributed by atoms with Crippen LogP contribution in [0.2, 0.25) is 10.0 Å². The van der Waals surface area contributed by atoms with Crippen LogP contribution in [0.4, 0.5) is 0 Å². The Morgan fingerprint density at radius 2 is 2.11 bits per heavy atom. The number of halogens is 2. The maximum atomic E-state index is 6.17. The molecule has 1 unspecified atom stereocenters. The van der Waals surface area contributed by atoms with Gasteiger partial charge >= 0.3 is 0 Å². The van der Waals surface area contributed by atoms with Gasteiger partial charge in [0.1, 0.15) is 12.4 Å². The van der Waals surface area contributed by atoms with E-state index in [1.54, 1.807) is 6.07 Å². The molecule has 0 radical (unpaired) electrons. The van der Waals surface area contributed by atoms with Crippen LogP contribution in [-0.4, -0.2) is 12.6 Å². The largest absolute Gasteiger partial charge is 0.488 e. The van der Waals surface area contributed by atoms with Crippen LogP contribution < -0.4 is 10.5 Å². The fourth-order valence-corrected chi connectivity index (χ4v) is 2.17. The van der Waals surface area contributed by atoms with Gasteiger partial charge in [-0.25, -0.2) is 0 Å². The van der Waals surface area contributed by atoms with Gasteiger partial charge in [-0.05, 0) is 37.5 Å². The molecule has 100 valence electrons. The summed E-state index contributed by atoms with van der Waals surface area (Å²) in [5, 5.41) is 1.14. The van der Waals surface area contributed by atoms with Crippen LogP contribution in [0, 0.1) is 0 Å². The van der Waals surface area contributed by atoms with E-state index in [4.69, 9.17) is 33.7 Å². The smallest absolute Gasteiger partial charge is 0.141 e. The fourth-order valence-electron chi connectivity index (χ4n) is 1.58. The van der Waals surface area contributed by atoms with Crippen LogP contribution in [0.3, 0.4) is 0 Å². The van der Waals surface area contributed by atoms with E-state index in [-0.39, 0.29) is 6.04 Å². The lowest BCUT2D eigenvalue weighted by Gasteiger charge is -2.15. The minimum atomic E-state index is 0.0867. The summed E-state index contributed by atoms with van der Waals surface area (Å²) >= 11 is 12.2. The SMILES string of the molecule is C/C=C/COc1c(Cl)cc(Cl)cc1CC(N)CC. The number of benzene rings is 1. The van der Waals surface area contributed by atoms with Crippen LogP contribution in [0.25, 0.3) is 0 Å². The number of hydrogen-bond acceptors (Lipinski definition) is 2. The van der Waals surface area contributed by atoms with E-state index in [9.17, 15) is 0 Å². The van der Waals surface area contributed by atoms with E-state index in [1.807, 2.05) is 25.1 Å². The summed E-state index contributed by atoms with van der Waals surface area (Å²) in [6.45, 7) is 4.49. The molecule has 0 spiro atoms. The van der Waals surface area contributed by atoms with Gasteiger partial charge < -0.3 is 10.5 Å². The zero-order valence-electron chi connectivity index (χ0n) is 10.7. The maximum absolute atomic E-state index is 6.17. The first-order valence-electron chi connectivity index (χ1n) is 6.05. The Morgan fingerprint density at radius 1 is 1.39 bits per heavy atom. The summed E-state index contributed by atoms with van der Waals surface area (Å²) < 4.78 is 5.68. The van der Waals surface area contributed by atoms with Crippen LogP contribution in [0.15, 0.2) is 24.3 Å². The lowest BCUT2D eigenvalue weighted by Crippen LogP contribution is -2.21. The first-order valence-corrected chi connectivity index (χ1v) is 6.81. The molecule has 0 bridgehead atoms. The van der Waals surface area contributed by atoms with Crippen molar-refractivity contribution in [2.75, 3.05) is 6.61 Å². The lowest BCUT2D eigenvalue weighted by atomic mass is 10.0. The Morgan fingerprint density at radius 3 is 2.72 bits per heavy atom. The third kappa shape index (κ3) is 4.52. The summed E-state index contributed by atoms with van der Waals surface area (Å²) in [7, 11) is 0. The zero-order chi connectivity index (χ0) is 13.5. The average Bonchev–Trinajstić information content (AvgIpc) is 2.32. The molecule has 0 amide bonds. The molecule has 0 aliphatic heterocycles. The lowest BCUT2D eigenvalue weighted by molar-refractivity contribution is 0.357. The zero-order valence-corrected chi connectivity index (χ0v) is 12.3. The molecule has 0 aliphatic rings. The van der Waals surface area contributed by atoms with E-state index < -0.39 is 0 Å². The number of hydrogen-bond donors (Lipinski definition) is 1. The van der Waals surface area contributed by atoms with Crippen molar-refractivity contribution in [1.82, 2.24) is 0 Å². The van der Waals surface area contributed by atoms with Gasteiger partial charge in [-0.15, -0.1) is 0 Å². The molecule has 18 heavy (non-hydrogen) atoms. The molecule has 0 fully saturated rings. The normalized spacial score (nSPS) is 12.9. The van der Waals surface area contributed by atoms with E-state index in [2.05, 4.69) is 6.92 Å². The molecule has 0 aromatic heterocycles. The molecule has 0 saturated carbocycles. The fraction of sp³-hybridized carbons (Fsp3) is 0.429. The number of rotatable bonds is 6. The first-order chi connectivity index (χ1) is 8.58. The number of ether oxygens (including phenoxy) is 1. The van der Waals surface area contributed by atoms with Gasteiger partial charge in [-0.1, -0.05) is 42.3 Å². The molecule has 4 heteroatoms. The summed E-state index contributed by atoms with van der Waals surface area (Å²) in [4.78, 5) is 0. The predicted octanol–water partition coefficient (Wildman–Crippen LogP) is 4.23. The van der Waals surface area contributed by atoms with Crippen molar-refractivity contribution in [3.63, 3.8) is 0 Å². The highest BCUT2D eigenvalue weighted by Crippen LogP contribution is 2.33. The van der Waals surface area contributed by atoms with Crippen LogP contribution in [0.1, 0.15) is 25.8 Å². The van der Waals surface area contributed by atoms with Crippen molar-refractivity contribution in [3.05, 3.63) is 39.9 Å². The molecule has 0 saturated heterocycles. The Balaban J connectivity index is 2.96. The molecule has 1 rings (SSSR count). The maximum Gasteiger partial charge on any atom is 0.141 e. The Kier molecular flexibility index (Phi) is 6.55. The van der Waals surface area contributed by atoms with Crippen LogP contribution in [0.5, 0.6) is 5.75 Å². The Hall–Kier alpha value is -0.700. The Bertz CT molecular complexity index is 419. The monoisotopic (exact) mass is 287 g/mol. The number of nitrogens with two attached hydrogens (primary N) is 1. The van der Waals surface area contributed by atoms with Gasteiger partial charge in [0, 0.05) is 11.1 Å². The van der Waals surface area contributed by atoms with E-state index >= 15 is 0 Å². The number of allylic oxidation sites excluding steroid dienone is 1. The van der Waals surface area contributed by atoms with Gasteiger partial charge in [-0.3, -0.25) is 0 Å². The molecule has 2 nitrogen and oxygen atoms in total. The molecular weight excluding hydrogens is 269 g/mol. The quantitative estimate of drug-likeness (QED) is 0.795. The first kappa shape index (κ1) is 15.4. The second-order valence-electron chi connectivity index (χ2n) is 4.13. The minimum Gasteiger partial charge on any atom is -0.488 e. The average molecular weight is 288 g/mol. The standard InChI is InChI=1S/C14H19Cl2NO/c1-3-5-6-18-14-10(8-12(17)4-2)7-11(15)9-13(14)16/h3,5,7,9,12H,4,6,8,17H2,1-2H3/b5-3+. The predicted molar refractivity (Wildman–Crippen MR) is 78.7 cm³/mol. The highest BCUT2D eigenvalue weighted by atomic mass is 35.5. The van der Waals surface area contributed by atoms with Crippen molar-refractivity contribution in [2.24, 2.45) is 5.73 Å². The third-order valence-electron chi connectivity index (χ3n) is 2.65. The van der Waals surface area contributed by atoms with Crippen molar-refractivity contribution in [2.45, 2.75) is 32.7 Å². The molecule has 1 aromatic carbocycles. The van der Waals surface area contributed by atoms with E-state index in [1.165, 1.54) is 0 Å². The van der Waals surface area contributed by atoms with Crippen molar-refractivity contribution in [1.29, 1.82) is 0 Å². The summed E-state index contributed by atoms with van der Waals surface area (Å²) in [5.74, 6) is 0.683. The summed E-state index contributed by atoms with van der Waals surface area (Å²) in [6, 6.07) is 3.65. The van der Waals surface area contributed by atoms with Gasteiger partial charge in [0.15, 0.2) is 0 Å². The van der Waals surface area contributed by atoms with Crippen LogP contribution >= 0.6 is 23.2 Å². The molecular formula is C14H19Cl2NO. The van der Waals surface area contributed by atoms with Crippen molar-refractivity contribution < 1.29 is 4.74 Å². The van der Waals surface area contributed by atoms with Crippen molar-refractivity contribution in [3.8, 4) is 5.75 Å². The topological polar surface area (TPSA) is 35.2 Å². The third-order valence-corrected chi connectivity index (χ3v) is 3.15. The molecule has 1 aromatic rings. The highest BCUT2D eigenvalue weighted by molar-refractivity contribution is 6.35. The van der Waals surface area contributed by atoms with Gasteiger partial charge in [0.25, 0.3) is 0 Å². The Labute approximate surface area is 119 Å². The minimum absolute atomic E-state index is 0.0867. The van der Waals surface area contributed by atoms with Gasteiger partial charge in [0.2, 0.25) is 0 Å². The van der Waals surface area contributed by atoms with Gasteiger partial charge in [0.05, 0.1) is 5.02 Å². The molecule has 0 aliphatic carbocycles. The second kappa shape index (κ2) is 7.67. The van der Waals surface area contributed by atoms with Gasteiger partial charge in [-0.2, -0.15) is 0 Å². The molecule has 1 atom stereocenters. The summed E-state index contributed by atoms with van der Waals surface area (Å²) in [5.41, 5.74) is 6.94. The van der Waals surface area contributed by atoms with E-state index in [0.29, 0.717) is 28.8 Å². The highest BCUT2D eigenvalue weighted by Gasteiger charge is 2.13. The van der Waals surface area contributed by atoms with Crippen molar-refractivity contribution >= 4 is 23.2 Å². The van der Waals surface area contributed by atoms with E-state index in [0.717, 1.165) is 12.0 Å². The second-order valence-corrected chi connectivity index (χ2v) is 4.97. The molecule has 2 N–H and O–H groups in total.